The lowest BCUT2D eigenvalue weighted by molar-refractivity contribution is -0.131. The van der Waals surface area contributed by atoms with E-state index in [0.29, 0.717) is 13.1 Å². The van der Waals surface area contributed by atoms with Gasteiger partial charge in [0.25, 0.3) is 0 Å². The molecule has 1 aromatic carbocycles. The van der Waals surface area contributed by atoms with E-state index in [1.807, 2.05) is 35.2 Å². The van der Waals surface area contributed by atoms with Crippen molar-refractivity contribution in [3.05, 3.63) is 35.9 Å². The Morgan fingerprint density at radius 3 is 2.65 bits per heavy atom. The highest BCUT2D eigenvalue weighted by Crippen LogP contribution is 2.19. The van der Waals surface area contributed by atoms with E-state index in [1.165, 1.54) is 0 Å². The molecule has 0 aromatic heterocycles. The summed E-state index contributed by atoms with van der Waals surface area (Å²) in [4.78, 5) is 14.1. The van der Waals surface area contributed by atoms with Gasteiger partial charge in [0.05, 0.1) is 5.92 Å². The third kappa shape index (κ3) is 2.65. The van der Waals surface area contributed by atoms with Gasteiger partial charge < -0.3 is 16.4 Å². The number of likely N-dealkylation sites (tertiary alicyclic amines) is 1. The second-order valence-corrected chi connectivity index (χ2v) is 4.53. The largest absolute Gasteiger partial charge is 0.341 e. The molecular weight excluding hydrogens is 214 g/mol. The van der Waals surface area contributed by atoms with Crippen molar-refractivity contribution in [3.8, 4) is 0 Å². The van der Waals surface area contributed by atoms with E-state index < -0.39 is 0 Å². The van der Waals surface area contributed by atoms with Gasteiger partial charge in [0, 0.05) is 25.7 Å². The summed E-state index contributed by atoms with van der Waals surface area (Å²) in [6.07, 6.45) is 0.887. The number of hydrogen-bond acceptors (Lipinski definition) is 3. The van der Waals surface area contributed by atoms with Crippen LogP contribution in [0.5, 0.6) is 0 Å². The molecule has 0 radical (unpaired) electrons. The van der Waals surface area contributed by atoms with Crippen LogP contribution < -0.4 is 11.5 Å². The first kappa shape index (κ1) is 12.1. The van der Waals surface area contributed by atoms with Crippen LogP contribution in [0.1, 0.15) is 17.9 Å². The number of carbonyl (C=O) groups excluding carboxylic acids is 1. The van der Waals surface area contributed by atoms with Crippen LogP contribution in [-0.2, 0) is 4.79 Å². The summed E-state index contributed by atoms with van der Waals surface area (Å²) in [6, 6.07) is 9.82. The molecule has 1 fully saturated rings. The molecule has 1 saturated heterocycles. The minimum atomic E-state index is -0.235. The summed E-state index contributed by atoms with van der Waals surface area (Å²) in [5.74, 6) is -0.131. The minimum Gasteiger partial charge on any atom is -0.341 e. The molecule has 4 heteroatoms. The van der Waals surface area contributed by atoms with Gasteiger partial charge in [0.15, 0.2) is 0 Å². The summed E-state index contributed by atoms with van der Waals surface area (Å²) >= 11 is 0. The molecule has 1 aliphatic heterocycles. The van der Waals surface area contributed by atoms with Crippen molar-refractivity contribution < 1.29 is 4.79 Å². The molecule has 1 aliphatic rings. The fourth-order valence-electron chi connectivity index (χ4n) is 2.27. The van der Waals surface area contributed by atoms with Crippen molar-refractivity contribution in [3.63, 3.8) is 0 Å². The van der Waals surface area contributed by atoms with E-state index in [1.54, 1.807) is 0 Å². The Balaban J connectivity index is 2.11. The van der Waals surface area contributed by atoms with E-state index in [2.05, 4.69) is 0 Å². The molecule has 92 valence electrons. The van der Waals surface area contributed by atoms with Crippen molar-refractivity contribution in [2.75, 3.05) is 19.6 Å². The lowest BCUT2D eigenvalue weighted by Crippen LogP contribution is -2.37. The topological polar surface area (TPSA) is 72.4 Å². The van der Waals surface area contributed by atoms with Gasteiger partial charge in [-0.2, -0.15) is 0 Å². The first-order valence-corrected chi connectivity index (χ1v) is 6.01. The van der Waals surface area contributed by atoms with Gasteiger partial charge in [-0.05, 0) is 12.0 Å². The summed E-state index contributed by atoms with van der Waals surface area (Å²) in [5.41, 5.74) is 12.5. The van der Waals surface area contributed by atoms with E-state index in [4.69, 9.17) is 11.5 Å². The maximum atomic E-state index is 12.3. The van der Waals surface area contributed by atoms with Gasteiger partial charge in [0.2, 0.25) is 5.91 Å². The standard InChI is InChI=1S/C13H19N3O/c14-8-12(10-4-2-1-3-5-10)13(17)16-7-6-11(15)9-16/h1-5,11-12H,6-9,14-15H2/t11-,12?/m0/s1. The van der Waals surface area contributed by atoms with Gasteiger partial charge in [-0.15, -0.1) is 0 Å². The van der Waals surface area contributed by atoms with Crippen LogP contribution in [0.25, 0.3) is 0 Å². The van der Waals surface area contributed by atoms with E-state index in [0.717, 1.165) is 18.5 Å². The van der Waals surface area contributed by atoms with Crippen LogP contribution in [0.3, 0.4) is 0 Å². The molecule has 4 N–H and O–H groups in total. The van der Waals surface area contributed by atoms with Gasteiger partial charge >= 0.3 is 0 Å². The van der Waals surface area contributed by atoms with Gasteiger partial charge in [-0.3, -0.25) is 4.79 Å². The van der Waals surface area contributed by atoms with Crippen molar-refractivity contribution in [2.24, 2.45) is 11.5 Å². The molecule has 2 atom stereocenters. The van der Waals surface area contributed by atoms with Crippen LogP contribution in [0.4, 0.5) is 0 Å². The second-order valence-electron chi connectivity index (χ2n) is 4.53. The average Bonchev–Trinajstić information content (AvgIpc) is 2.78. The van der Waals surface area contributed by atoms with Gasteiger partial charge in [0.1, 0.15) is 0 Å². The lowest BCUT2D eigenvalue weighted by atomic mass is 9.98. The van der Waals surface area contributed by atoms with Crippen LogP contribution in [-0.4, -0.2) is 36.5 Å². The number of nitrogens with zero attached hydrogens (tertiary/aromatic N) is 1. The number of benzene rings is 1. The number of hydrogen-bond donors (Lipinski definition) is 2. The smallest absolute Gasteiger partial charge is 0.231 e. The molecule has 0 saturated carbocycles. The lowest BCUT2D eigenvalue weighted by Gasteiger charge is -2.22. The molecular formula is C13H19N3O. The fraction of sp³-hybridized carbons (Fsp3) is 0.462. The van der Waals surface area contributed by atoms with E-state index in [-0.39, 0.29) is 17.9 Å². The average molecular weight is 233 g/mol. The first-order valence-electron chi connectivity index (χ1n) is 6.01. The molecule has 2 rings (SSSR count). The first-order chi connectivity index (χ1) is 8.22. The quantitative estimate of drug-likeness (QED) is 0.788. The Kier molecular flexibility index (Phi) is 3.76. The van der Waals surface area contributed by atoms with Crippen LogP contribution in [0, 0.1) is 0 Å². The molecule has 0 bridgehead atoms. The monoisotopic (exact) mass is 233 g/mol. The minimum absolute atomic E-state index is 0.103. The van der Waals surface area contributed by atoms with Crippen molar-refractivity contribution in [2.45, 2.75) is 18.4 Å². The Bertz CT molecular complexity index is 380. The molecule has 1 aromatic rings. The number of carbonyl (C=O) groups is 1. The zero-order valence-electron chi connectivity index (χ0n) is 9.88. The Labute approximate surface area is 102 Å². The highest BCUT2D eigenvalue weighted by atomic mass is 16.2. The predicted octanol–water partition coefficient (Wildman–Crippen LogP) is 0.289. The summed E-state index contributed by atoms with van der Waals surface area (Å²) in [7, 11) is 0. The molecule has 0 spiro atoms. The molecule has 4 nitrogen and oxygen atoms in total. The van der Waals surface area contributed by atoms with Crippen LogP contribution in [0.2, 0.25) is 0 Å². The maximum absolute atomic E-state index is 12.3. The highest BCUT2D eigenvalue weighted by molar-refractivity contribution is 5.84. The van der Waals surface area contributed by atoms with Crippen molar-refractivity contribution >= 4 is 5.91 Å². The second kappa shape index (κ2) is 5.29. The predicted molar refractivity (Wildman–Crippen MR) is 67.4 cm³/mol. The highest BCUT2D eigenvalue weighted by Gasteiger charge is 2.29. The van der Waals surface area contributed by atoms with Crippen LogP contribution >= 0.6 is 0 Å². The third-order valence-corrected chi connectivity index (χ3v) is 3.27. The summed E-state index contributed by atoms with van der Waals surface area (Å²) in [5, 5.41) is 0. The molecule has 17 heavy (non-hydrogen) atoms. The summed E-state index contributed by atoms with van der Waals surface area (Å²) < 4.78 is 0. The fourth-order valence-corrected chi connectivity index (χ4v) is 2.27. The number of rotatable bonds is 3. The van der Waals surface area contributed by atoms with Gasteiger partial charge in [-0.25, -0.2) is 0 Å². The number of amides is 1. The maximum Gasteiger partial charge on any atom is 0.231 e. The van der Waals surface area contributed by atoms with Gasteiger partial charge in [-0.1, -0.05) is 30.3 Å². The molecule has 1 unspecified atom stereocenters. The molecule has 0 aliphatic carbocycles. The normalized spacial score (nSPS) is 21.5. The number of nitrogens with two attached hydrogens (primary N) is 2. The Morgan fingerprint density at radius 2 is 2.12 bits per heavy atom. The van der Waals surface area contributed by atoms with E-state index in [9.17, 15) is 4.79 Å². The summed E-state index contributed by atoms with van der Waals surface area (Å²) in [6.45, 7) is 1.75. The zero-order valence-corrected chi connectivity index (χ0v) is 9.88. The Hall–Kier alpha value is -1.39. The van der Waals surface area contributed by atoms with Crippen LogP contribution in [0.15, 0.2) is 30.3 Å². The molecule has 1 heterocycles. The SMILES string of the molecule is NCC(C(=O)N1CC[C@H](N)C1)c1ccccc1. The van der Waals surface area contributed by atoms with Crippen molar-refractivity contribution in [1.29, 1.82) is 0 Å². The molecule has 1 amide bonds. The Morgan fingerprint density at radius 1 is 1.41 bits per heavy atom. The van der Waals surface area contributed by atoms with Crippen molar-refractivity contribution in [1.82, 2.24) is 4.90 Å². The van der Waals surface area contributed by atoms with E-state index >= 15 is 0 Å². The third-order valence-electron chi connectivity index (χ3n) is 3.27. The zero-order chi connectivity index (χ0) is 12.3.